The number of nitrogens with two attached hydrogens (primary N) is 1. The second-order valence-electron chi connectivity index (χ2n) is 5.35. The van der Waals surface area contributed by atoms with Crippen LogP contribution in [0.3, 0.4) is 0 Å². The van der Waals surface area contributed by atoms with Crippen LogP contribution in [0, 0.1) is 0 Å². The van der Waals surface area contributed by atoms with Gasteiger partial charge in [-0.2, -0.15) is 0 Å². The van der Waals surface area contributed by atoms with Crippen LogP contribution in [0.4, 0.5) is 0 Å². The van der Waals surface area contributed by atoms with Crippen LogP contribution in [0.1, 0.15) is 23.6 Å². The lowest BCUT2D eigenvalue weighted by atomic mass is 9.93. The molecule has 1 unspecified atom stereocenters. The maximum absolute atomic E-state index is 6.32. The molecule has 0 aliphatic rings. The number of fused-ring (bicyclic) bond motifs is 1. The fourth-order valence-corrected chi connectivity index (χ4v) is 2.73. The first kappa shape index (κ1) is 13.6. The Hall–Kier alpha value is -2.38. The molecule has 0 aromatic heterocycles. The predicted octanol–water partition coefficient (Wildman–Crippen LogP) is 4.94. The Bertz CT molecular complexity index is 754. The largest absolute Gasteiger partial charge is 0.324 e. The SMILES string of the molecule is C=C(CC(N)c1ccccc1)c1cccc2ccccc12. The molecular weight excluding hydrogens is 254 g/mol. The Morgan fingerprint density at radius 1 is 0.857 bits per heavy atom. The zero-order chi connectivity index (χ0) is 14.7. The molecule has 0 fully saturated rings. The molecule has 0 aliphatic carbocycles. The van der Waals surface area contributed by atoms with Crippen molar-refractivity contribution < 1.29 is 0 Å². The van der Waals surface area contributed by atoms with Crippen molar-refractivity contribution in [3.05, 3.63) is 90.5 Å². The topological polar surface area (TPSA) is 26.0 Å². The number of hydrogen-bond acceptors (Lipinski definition) is 1. The van der Waals surface area contributed by atoms with Gasteiger partial charge in [-0.15, -0.1) is 0 Å². The van der Waals surface area contributed by atoms with E-state index in [1.165, 1.54) is 16.3 Å². The van der Waals surface area contributed by atoms with Crippen molar-refractivity contribution in [3.63, 3.8) is 0 Å². The Labute approximate surface area is 125 Å². The van der Waals surface area contributed by atoms with Gasteiger partial charge in [-0.1, -0.05) is 79.4 Å². The minimum Gasteiger partial charge on any atom is -0.324 e. The van der Waals surface area contributed by atoms with Crippen molar-refractivity contribution in [3.8, 4) is 0 Å². The Morgan fingerprint density at radius 3 is 2.33 bits per heavy atom. The van der Waals surface area contributed by atoms with E-state index in [0.717, 1.165) is 17.6 Å². The summed E-state index contributed by atoms with van der Waals surface area (Å²) in [6.07, 6.45) is 0.762. The normalized spacial score (nSPS) is 12.2. The van der Waals surface area contributed by atoms with Crippen LogP contribution in [0.2, 0.25) is 0 Å². The number of benzene rings is 3. The van der Waals surface area contributed by atoms with E-state index in [0.29, 0.717) is 0 Å². The van der Waals surface area contributed by atoms with Gasteiger partial charge in [0.25, 0.3) is 0 Å². The van der Waals surface area contributed by atoms with E-state index in [1.807, 2.05) is 18.2 Å². The van der Waals surface area contributed by atoms with Gasteiger partial charge in [0.1, 0.15) is 0 Å². The van der Waals surface area contributed by atoms with Gasteiger partial charge in [0, 0.05) is 6.04 Å². The molecule has 0 radical (unpaired) electrons. The minimum absolute atomic E-state index is 0.0160. The molecule has 0 saturated heterocycles. The number of rotatable bonds is 4. The summed E-state index contributed by atoms with van der Waals surface area (Å²) < 4.78 is 0. The molecular formula is C20H19N. The summed E-state index contributed by atoms with van der Waals surface area (Å²) in [5.74, 6) is 0. The van der Waals surface area contributed by atoms with Crippen LogP contribution in [0.5, 0.6) is 0 Å². The molecule has 0 spiro atoms. The van der Waals surface area contributed by atoms with E-state index < -0.39 is 0 Å². The van der Waals surface area contributed by atoms with Crippen LogP contribution in [0.15, 0.2) is 79.4 Å². The zero-order valence-corrected chi connectivity index (χ0v) is 12.0. The molecule has 0 heterocycles. The van der Waals surface area contributed by atoms with Crippen LogP contribution in [-0.2, 0) is 0 Å². The second-order valence-corrected chi connectivity index (χ2v) is 5.35. The highest BCUT2D eigenvalue weighted by atomic mass is 14.6. The monoisotopic (exact) mass is 273 g/mol. The predicted molar refractivity (Wildman–Crippen MR) is 91.0 cm³/mol. The van der Waals surface area contributed by atoms with Crippen LogP contribution in [0.25, 0.3) is 16.3 Å². The van der Waals surface area contributed by atoms with E-state index in [2.05, 4.69) is 61.2 Å². The summed E-state index contributed by atoms with van der Waals surface area (Å²) in [5, 5.41) is 2.48. The summed E-state index contributed by atoms with van der Waals surface area (Å²) in [6, 6.07) is 24.9. The Balaban J connectivity index is 1.88. The minimum atomic E-state index is -0.0160. The first-order valence-corrected chi connectivity index (χ1v) is 7.22. The van der Waals surface area contributed by atoms with Crippen molar-refractivity contribution in [1.29, 1.82) is 0 Å². The van der Waals surface area contributed by atoms with E-state index in [4.69, 9.17) is 5.73 Å². The Kier molecular flexibility index (Phi) is 3.85. The lowest BCUT2D eigenvalue weighted by molar-refractivity contribution is 0.752. The first-order valence-electron chi connectivity index (χ1n) is 7.22. The van der Waals surface area contributed by atoms with Crippen LogP contribution >= 0.6 is 0 Å². The fourth-order valence-electron chi connectivity index (χ4n) is 2.73. The fraction of sp³-hybridized carbons (Fsp3) is 0.100. The van der Waals surface area contributed by atoms with Crippen molar-refractivity contribution in [2.24, 2.45) is 5.73 Å². The molecule has 0 bridgehead atoms. The zero-order valence-electron chi connectivity index (χ0n) is 12.0. The summed E-state index contributed by atoms with van der Waals surface area (Å²) in [4.78, 5) is 0. The highest BCUT2D eigenvalue weighted by molar-refractivity contribution is 5.93. The highest BCUT2D eigenvalue weighted by Crippen LogP contribution is 2.29. The molecule has 2 N–H and O–H groups in total. The third kappa shape index (κ3) is 2.88. The molecule has 104 valence electrons. The molecule has 21 heavy (non-hydrogen) atoms. The maximum Gasteiger partial charge on any atom is 0.0335 e. The third-order valence-corrected chi connectivity index (χ3v) is 3.86. The smallest absolute Gasteiger partial charge is 0.0335 e. The van der Waals surface area contributed by atoms with Gasteiger partial charge in [-0.05, 0) is 33.9 Å². The average molecular weight is 273 g/mol. The van der Waals surface area contributed by atoms with Gasteiger partial charge in [0.2, 0.25) is 0 Å². The van der Waals surface area contributed by atoms with Crippen molar-refractivity contribution in [1.82, 2.24) is 0 Å². The van der Waals surface area contributed by atoms with Gasteiger partial charge in [-0.25, -0.2) is 0 Å². The van der Waals surface area contributed by atoms with E-state index >= 15 is 0 Å². The van der Waals surface area contributed by atoms with Crippen molar-refractivity contribution in [2.75, 3.05) is 0 Å². The number of hydrogen-bond donors (Lipinski definition) is 1. The van der Waals surface area contributed by atoms with Gasteiger partial charge >= 0.3 is 0 Å². The van der Waals surface area contributed by atoms with E-state index in [-0.39, 0.29) is 6.04 Å². The van der Waals surface area contributed by atoms with E-state index in [9.17, 15) is 0 Å². The summed E-state index contributed by atoms with van der Waals surface area (Å²) >= 11 is 0. The molecule has 3 aromatic rings. The summed E-state index contributed by atoms with van der Waals surface area (Å²) in [5.41, 5.74) is 9.75. The molecule has 3 aromatic carbocycles. The van der Waals surface area contributed by atoms with Gasteiger partial charge < -0.3 is 5.73 Å². The van der Waals surface area contributed by atoms with Gasteiger partial charge in [0.05, 0.1) is 0 Å². The molecule has 0 aliphatic heterocycles. The molecule has 0 saturated carbocycles. The molecule has 1 atom stereocenters. The Morgan fingerprint density at radius 2 is 1.52 bits per heavy atom. The highest BCUT2D eigenvalue weighted by Gasteiger charge is 2.10. The standard InChI is InChI=1S/C20H19N/c1-15(14-20(21)17-9-3-2-4-10-17)18-13-7-11-16-8-5-6-12-19(16)18/h2-13,20H,1,14,21H2. The molecule has 0 amide bonds. The molecule has 1 heteroatoms. The first-order chi connectivity index (χ1) is 10.3. The van der Waals surface area contributed by atoms with Crippen molar-refractivity contribution in [2.45, 2.75) is 12.5 Å². The summed E-state index contributed by atoms with van der Waals surface area (Å²) in [6.45, 7) is 4.26. The molecule has 3 rings (SSSR count). The lowest BCUT2D eigenvalue weighted by Crippen LogP contribution is -2.10. The van der Waals surface area contributed by atoms with Crippen LogP contribution in [-0.4, -0.2) is 0 Å². The van der Waals surface area contributed by atoms with Crippen molar-refractivity contribution >= 4 is 16.3 Å². The molecule has 1 nitrogen and oxygen atoms in total. The summed E-state index contributed by atoms with van der Waals surface area (Å²) in [7, 11) is 0. The van der Waals surface area contributed by atoms with Crippen LogP contribution < -0.4 is 5.73 Å². The average Bonchev–Trinajstić information content (AvgIpc) is 2.55. The quantitative estimate of drug-likeness (QED) is 0.715. The maximum atomic E-state index is 6.32. The lowest BCUT2D eigenvalue weighted by Gasteiger charge is -2.15. The van der Waals surface area contributed by atoms with Gasteiger partial charge in [-0.3, -0.25) is 0 Å². The van der Waals surface area contributed by atoms with Gasteiger partial charge in [0.15, 0.2) is 0 Å². The van der Waals surface area contributed by atoms with E-state index in [1.54, 1.807) is 0 Å². The third-order valence-electron chi connectivity index (χ3n) is 3.86. The second kappa shape index (κ2) is 5.94.